The van der Waals surface area contributed by atoms with Crippen LogP contribution in [0.2, 0.25) is 0 Å². The van der Waals surface area contributed by atoms with Gasteiger partial charge in [-0.1, -0.05) is 152 Å². The predicted octanol–water partition coefficient (Wildman–Crippen LogP) is 10.2. The molecule has 0 radical (unpaired) electrons. The van der Waals surface area contributed by atoms with Gasteiger partial charge in [0.15, 0.2) is 5.82 Å². The molecule has 0 saturated carbocycles. The first-order valence-electron chi connectivity index (χ1n) is 18.3. The summed E-state index contributed by atoms with van der Waals surface area (Å²) in [7, 11) is -3.07. The number of aromatic nitrogens is 3. The zero-order chi connectivity index (χ0) is 35.8. The van der Waals surface area contributed by atoms with E-state index in [4.69, 9.17) is 9.97 Å². The maximum Gasteiger partial charge on any atom is 0.239 e. The Morgan fingerprint density at radius 2 is 1.11 bits per heavy atom. The highest BCUT2D eigenvalue weighted by Crippen LogP contribution is 2.61. The van der Waals surface area contributed by atoms with Gasteiger partial charge in [-0.2, -0.15) is 0 Å². The Hall–Kier alpha value is -6.45. The summed E-state index contributed by atoms with van der Waals surface area (Å²) in [6.07, 6.45) is 6.86. The van der Waals surface area contributed by atoms with Gasteiger partial charge in [-0.25, -0.2) is 14.9 Å². The first-order chi connectivity index (χ1) is 26.7. The van der Waals surface area contributed by atoms with E-state index in [-0.39, 0.29) is 5.92 Å². The van der Waals surface area contributed by atoms with Crippen molar-refractivity contribution in [1.29, 1.82) is 0 Å². The number of allylic oxidation sites excluding steroid dienone is 3. The van der Waals surface area contributed by atoms with Crippen LogP contribution >= 0.6 is 7.49 Å². The highest BCUT2D eigenvalue weighted by molar-refractivity contribution is 7.91. The van der Waals surface area contributed by atoms with Gasteiger partial charge in [-0.05, 0) is 47.0 Å². The Bertz CT molecular complexity index is 2820. The van der Waals surface area contributed by atoms with Gasteiger partial charge in [0.25, 0.3) is 0 Å². The van der Waals surface area contributed by atoms with Crippen molar-refractivity contribution in [3.8, 4) is 62.0 Å². The van der Waals surface area contributed by atoms with Gasteiger partial charge >= 0.3 is 0 Å². The Kier molecular flexibility index (Phi) is 6.94. The molecule has 254 valence electrons. The van der Waals surface area contributed by atoms with Crippen LogP contribution in [-0.4, -0.2) is 19.4 Å². The third-order valence-corrected chi connectivity index (χ3v) is 14.2. The molecule has 3 aliphatic rings. The molecule has 1 aliphatic heterocycles. The van der Waals surface area contributed by atoms with Gasteiger partial charge in [0, 0.05) is 51.1 Å². The van der Waals surface area contributed by atoms with E-state index in [0.717, 1.165) is 66.5 Å². The Morgan fingerprint density at radius 3 is 1.83 bits per heavy atom. The summed E-state index contributed by atoms with van der Waals surface area (Å²) in [5.41, 5.74) is 13.1. The van der Waals surface area contributed by atoms with Crippen molar-refractivity contribution in [2.24, 2.45) is 0 Å². The highest BCUT2D eigenvalue weighted by Gasteiger charge is 2.52. The van der Waals surface area contributed by atoms with E-state index in [1.165, 1.54) is 22.4 Å². The molecule has 11 rings (SSSR count). The van der Waals surface area contributed by atoms with E-state index < -0.39 is 7.49 Å². The van der Waals surface area contributed by atoms with Gasteiger partial charge in [-0.3, -0.25) is 4.57 Å². The van der Waals surface area contributed by atoms with Gasteiger partial charge in [-0.15, -0.1) is 0 Å². The minimum absolute atomic E-state index is 0.183. The maximum atomic E-state index is 13.4. The van der Waals surface area contributed by atoms with Crippen LogP contribution in [-0.2, 0) is 0 Å². The second-order valence-electron chi connectivity index (χ2n) is 14.1. The summed E-state index contributed by atoms with van der Waals surface area (Å²) in [6, 6.07) is 58.7. The first kappa shape index (κ1) is 31.1. The van der Waals surface area contributed by atoms with Crippen molar-refractivity contribution < 1.29 is 4.89 Å². The molecular weight excluding hydrogens is 678 g/mol. The zero-order valence-electron chi connectivity index (χ0n) is 29.2. The standard InChI is InChI=1S/C49H33N3OP/c53-54(37-18-8-3-9-19-37)43-22-12-10-20-38(43)46-40-29-28-36-30-41(36)47(40)52(48(46)39-21-11-13-23-44(39)54)45-31-42(50-49(51-45)35-16-6-2-7-17-35)34-26-24-33(25-27-34)32-14-4-1-5-15-32/h1-31,41,53H/q+1. The van der Waals surface area contributed by atoms with Gasteiger partial charge in [0.05, 0.1) is 11.4 Å². The van der Waals surface area contributed by atoms with Gasteiger partial charge in [0.2, 0.25) is 7.49 Å². The molecule has 4 nitrogen and oxygen atoms in total. The number of rotatable bonds is 5. The lowest BCUT2D eigenvalue weighted by Crippen LogP contribution is -2.32. The average Bonchev–Trinajstić information content (AvgIpc) is 3.98. The van der Waals surface area contributed by atoms with E-state index in [1.54, 1.807) is 0 Å². The maximum absolute atomic E-state index is 13.4. The molecule has 3 heterocycles. The number of nitrogens with zero attached hydrogens (tertiary/aromatic N) is 3. The third kappa shape index (κ3) is 4.71. The summed E-state index contributed by atoms with van der Waals surface area (Å²) >= 11 is 0. The van der Waals surface area contributed by atoms with Crippen LogP contribution in [0.5, 0.6) is 0 Å². The van der Waals surface area contributed by atoms with Crippen molar-refractivity contribution in [1.82, 2.24) is 14.5 Å². The quantitative estimate of drug-likeness (QED) is 0.181. The van der Waals surface area contributed by atoms with E-state index in [0.29, 0.717) is 5.82 Å². The van der Waals surface area contributed by atoms with Crippen molar-refractivity contribution in [2.45, 2.75) is 5.92 Å². The monoisotopic (exact) mass is 710 g/mol. The molecule has 2 atom stereocenters. The van der Waals surface area contributed by atoms with E-state index in [9.17, 15) is 4.89 Å². The van der Waals surface area contributed by atoms with Crippen LogP contribution in [0.4, 0.5) is 0 Å². The van der Waals surface area contributed by atoms with Crippen LogP contribution in [0.15, 0.2) is 188 Å². The van der Waals surface area contributed by atoms with Crippen molar-refractivity contribution in [3.63, 3.8) is 0 Å². The van der Waals surface area contributed by atoms with Gasteiger partial charge < -0.3 is 0 Å². The normalized spacial score (nSPS) is 17.3. The Morgan fingerprint density at radius 1 is 0.537 bits per heavy atom. The van der Waals surface area contributed by atoms with Crippen LogP contribution in [0.1, 0.15) is 17.2 Å². The summed E-state index contributed by atoms with van der Waals surface area (Å²) in [6.45, 7) is 0. The number of fused-ring (bicyclic) bond motifs is 9. The van der Waals surface area contributed by atoms with Crippen molar-refractivity contribution in [2.75, 3.05) is 0 Å². The smallest absolute Gasteiger partial charge is 0.239 e. The van der Waals surface area contributed by atoms with Crippen LogP contribution in [0.3, 0.4) is 0 Å². The highest BCUT2D eigenvalue weighted by atomic mass is 31.2. The van der Waals surface area contributed by atoms with E-state index >= 15 is 0 Å². The number of hydrogen-bond donors (Lipinski definition) is 1. The molecule has 0 saturated heterocycles. The SMILES string of the molecule is O[P+]1(c2ccccc2)c2ccccc2-c2c3c(n(-c4cc(-c5ccc(-c6ccccc6)cc5)nc(-c5ccccc5)n4)c2-c2ccccc21)C1C=C1C=C3. The van der Waals surface area contributed by atoms with E-state index in [1.807, 2.05) is 42.5 Å². The Balaban J connectivity index is 1.21. The summed E-state index contributed by atoms with van der Waals surface area (Å²) in [5, 5.41) is 2.85. The summed E-state index contributed by atoms with van der Waals surface area (Å²) in [4.78, 5) is 24.0. The average molecular weight is 711 g/mol. The molecule has 5 heteroatoms. The molecule has 8 aromatic rings. The largest absolute Gasteiger partial charge is 0.296 e. The lowest BCUT2D eigenvalue weighted by atomic mass is 9.93. The second kappa shape index (κ2) is 12.0. The first-order valence-corrected chi connectivity index (χ1v) is 20.1. The molecule has 2 aliphatic carbocycles. The van der Waals surface area contributed by atoms with Crippen LogP contribution in [0.25, 0.3) is 68.1 Å². The van der Waals surface area contributed by atoms with Crippen LogP contribution < -0.4 is 15.9 Å². The molecule has 0 amide bonds. The third-order valence-electron chi connectivity index (χ3n) is 11.0. The molecule has 2 aromatic heterocycles. The Labute approximate surface area is 314 Å². The molecule has 0 spiro atoms. The molecule has 2 unspecified atom stereocenters. The summed E-state index contributed by atoms with van der Waals surface area (Å²) in [5.74, 6) is 1.65. The molecule has 1 N–H and O–H groups in total. The van der Waals surface area contributed by atoms with Crippen LogP contribution in [0, 0.1) is 0 Å². The minimum atomic E-state index is -3.07. The molecule has 0 bridgehead atoms. The van der Waals surface area contributed by atoms with E-state index in [2.05, 4.69) is 150 Å². The lowest BCUT2D eigenvalue weighted by Gasteiger charge is -2.23. The number of hydrogen-bond acceptors (Lipinski definition) is 3. The zero-order valence-corrected chi connectivity index (χ0v) is 30.1. The second-order valence-corrected chi connectivity index (χ2v) is 16.8. The van der Waals surface area contributed by atoms with Crippen molar-refractivity contribution >= 4 is 29.5 Å². The fourth-order valence-electron chi connectivity index (χ4n) is 8.42. The molecule has 6 aromatic carbocycles. The lowest BCUT2D eigenvalue weighted by molar-refractivity contribution is 0.633. The molecular formula is C49H33N3OP+. The topological polar surface area (TPSA) is 50.9 Å². The fourth-order valence-corrected chi connectivity index (χ4v) is 11.5. The predicted molar refractivity (Wildman–Crippen MR) is 223 cm³/mol. The molecule has 54 heavy (non-hydrogen) atoms. The number of benzene rings is 6. The van der Waals surface area contributed by atoms with Crippen molar-refractivity contribution in [3.05, 3.63) is 199 Å². The molecule has 0 fully saturated rings. The fraction of sp³-hybridized carbons (Fsp3) is 0.0204. The summed E-state index contributed by atoms with van der Waals surface area (Å²) < 4.78 is 2.38. The van der Waals surface area contributed by atoms with Gasteiger partial charge in [0.1, 0.15) is 21.7 Å². The minimum Gasteiger partial charge on any atom is -0.296 e.